The Morgan fingerprint density at radius 2 is 1.43 bits per heavy atom. The molecule has 51 valence electrons. The second kappa shape index (κ2) is 5.72. The van der Waals surface area contributed by atoms with Crippen molar-refractivity contribution in [2.45, 2.75) is 0 Å². The molecule has 2 N–H and O–H groups in total. The van der Waals surface area contributed by atoms with Gasteiger partial charge in [-0.25, -0.2) is 0 Å². The molecular formula is H2O5PYb. The predicted octanol–water partition coefficient (Wildman–Crippen LogP) is -1.68. The van der Waals surface area contributed by atoms with Crippen LogP contribution in [0.3, 0.4) is 0 Å². The summed E-state index contributed by atoms with van der Waals surface area (Å²) in [4.78, 5) is 22.9. The zero-order valence-corrected chi connectivity index (χ0v) is 5.44. The second-order valence-electron chi connectivity index (χ2n) is 0.491. The molecule has 0 aliphatic rings. The molecule has 0 spiro atoms. The van der Waals surface area contributed by atoms with Crippen molar-refractivity contribution in [3.05, 3.63) is 0 Å². The Hall–Kier alpha value is 1.59. The molecule has 5 nitrogen and oxygen atoms in total. The summed E-state index contributed by atoms with van der Waals surface area (Å²) >= 11 is 0. The Labute approximate surface area is 78.5 Å². The van der Waals surface area contributed by atoms with E-state index in [9.17, 15) is 0 Å². The Kier molecular flexibility index (Phi) is 12.9. The van der Waals surface area contributed by atoms with Crippen molar-refractivity contribution in [1.29, 1.82) is 0 Å². The normalized spacial score (nSPS) is 8.43. The van der Waals surface area contributed by atoms with Gasteiger partial charge in [0, 0.05) is 0 Å². The van der Waals surface area contributed by atoms with Crippen LogP contribution >= 0.6 is 7.82 Å². The Morgan fingerprint density at radius 1 is 1.43 bits per heavy atom. The fourth-order valence-corrected chi connectivity index (χ4v) is 0. The van der Waals surface area contributed by atoms with E-state index in [4.69, 9.17) is 19.2 Å². The minimum Gasteiger partial charge on any atom is -2.00 e. The van der Waals surface area contributed by atoms with E-state index in [2.05, 4.69) is 0 Å². The molecule has 0 saturated carbocycles. The molecule has 7 heavy (non-hydrogen) atoms. The summed E-state index contributed by atoms with van der Waals surface area (Å²) < 4.78 is 8.77. The van der Waals surface area contributed by atoms with Gasteiger partial charge in [0.1, 0.15) is 0 Å². The maximum atomic E-state index is 8.77. The minimum absolute atomic E-state index is 0. The van der Waals surface area contributed by atoms with Crippen molar-refractivity contribution in [2.75, 3.05) is 0 Å². The first-order chi connectivity index (χ1) is 2.00. The first-order valence-corrected chi connectivity index (χ1v) is 2.30. The zero-order valence-electron chi connectivity index (χ0n) is 2.83. The van der Waals surface area contributed by atoms with Crippen molar-refractivity contribution in [3.63, 3.8) is 0 Å². The van der Waals surface area contributed by atoms with Crippen LogP contribution in [0.25, 0.3) is 0 Å². The van der Waals surface area contributed by atoms with Crippen molar-refractivity contribution in [3.8, 4) is 0 Å². The van der Waals surface area contributed by atoms with Gasteiger partial charge in [0.2, 0.25) is 0 Å². The average Bonchev–Trinajstić information content (AvgIpc) is 0.722. The Bertz CT molecular complexity index is 54.2. The molecular weight excluding hydrogens is 284 g/mol. The fraction of sp³-hybridized carbons (Fsp3) is 0. The molecule has 0 atom stereocenters. The Morgan fingerprint density at radius 3 is 1.43 bits per heavy atom. The maximum Gasteiger partial charge on any atom is 3.00 e. The van der Waals surface area contributed by atoms with E-state index in [1.807, 2.05) is 0 Å². The quantitative estimate of drug-likeness (QED) is 0.518. The van der Waals surface area contributed by atoms with Crippen molar-refractivity contribution >= 4 is 7.82 Å². The standard InChI is InChI=1S/H3O4P.O.Yb/c1-5(2,3)4;;/h(H3,1,2,3,4);;/q;-2;+3/p-1. The molecule has 0 aliphatic heterocycles. The number of hydrogen-bond donors (Lipinski definition) is 2. The largest absolute Gasteiger partial charge is 3.00 e. The number of rotatable bonds is 0. The van der Waals surface area contributed by atoms with E-state index in [0.717, 1.165) is 0 Å². The monoisotopic (exact) mass is 287 g/mol. The molecule has 1 radical (unpaired) electrons. The van der Waals surface area contributed by atoms with Crippen LogP contribution in [0.2, 0.25) is 0 Å². The van der Waals surface area contributed by atoms with Gasteiger partial charge < -0.3 is 20.2 Å². The van der Waals surface area contributed by atoms with Gasteiger partial charge in [0.05, 0.1) is 0 Å². The molecule has 0 aromatic carbocycles. The van der Waals surface area contributed by atoms with Gasteiger partial charge in [0.15, 0.2) is 0 Å². The molecule has 0 saturated heterocycles. The maximum absolute atomic E-state index is 8.77. The van der Waals surface area contributed by atoms with E-state index in [-0.39, 0.29) is 52.4 Å². The average molecular weight is 286 g/mol. The van der Waals surface area contributed by atoms with E-state index < -0.39 is 7.82 Å². The van der Waals surface area contributed by atoms with Crippen LogP contribution < -0.4 is 4.89 Å². The molecule has 0 bridgehead atoms. The first kappa shape index (κ1) is 15.8. The summed E-state index contributed by atoms with van der Waals surface area (Å²) in [6.45, 7) is 0. The third-order valence-electron chi connectivity index (χ3n) is 0. The van der Waals surface area contributed by atoms with Crippen molar-refractivity contribution in [1.82, 2.24) is 0 Å². The molecule has 7 heteroatoms. The molecule has 0 rings (SSSR count). The second-order valence-corrected chi connectivity index (χ2v) is 1.47. The molecule has 0 aliphatic carbocycles. The molecule has 0 fully saturated rings. The molecule has 0 aromatic heterocycles. The summed E-state index contributed by atoms with van der Waals surface area (Å²) in [6.07, 6.45) is 0. The third kappa shape index (κ3) is 93.9. The van der Waals surface area contributed by atoms with Crippen LogP contribution in [-0.4, -0.2) is 9.79 Å². The molecule has 0 aromatic rings. The summed E-state index contributed by atoms with van der Waals surface area (Å²) in [5, 5.41) is 0. The van der Waals surface area contributed by atoms with Gasteiger partial charge in [-0.05, 0) is 0 Å². The molecule has 0 unspecified atom stereocenters. The summed E-state index contributed by atoms with van der Waals surface area (Å²) in [7, 11) is -4.89. The van der Waals surface area contributed by atoms with Gasteiger partial charge in [-0.2, -0.15) is 0 Å². The van der Waals surface area contributed by atoms with Crippen LogP contribution in [0.15, 0.2) is 0 Å². The van der Waals surface area contributed by atoms with Crippen LogP contribution in [0, 0.1) is 46.9 Å². The Balaban J connectivity index is -0.0000000800. The van der Waals surface area contributed by atoms with Crippen molar-refractivity contribution in [2.24, 2.45) is 0 Å². The number of hydrogen-bond acceptors (Lipinski definition) is 2. The smallest absolute Gasteiger partial charge is 2.00 e. The third-order valence-corrected chi connectivity index (χ3v) is 0. The predicted molar refractivity (Wildman–Crippen MR) is 12.7 cm³/mol. The number of phosphoric acid groups is 1. The minimum atomic E-state index is -4.89. The van der Waals surface area contributed by atoms with Gasteiger partial charge in [-0.1, -0.05) is 0 Å². The van der Waals surface area contributed by atoms with E-state index in [1.165, 1.54) is 0 Å². The van der Waals surface area contributed by atoms with E-state index in [0.29, 0.717) is 0 Å². The van der Waals surface area contributed by atoms with Gasteiger partial charge in [-0.3, -0.25) is 4.57 Å². The molecule has 0 heterocycles. The SMILES string of the molecule is O=P([O-])(O)O.[O-2].[Yb+3]. The summed E-state index contributed by atoms with van der Waals surface area (Å²) in [5.41, 5.74) is 0. The fourth-order valence-electron chi connectivity index (χ4n) is 0. The van der Waals surface area contributed by atoms with Gasteiger partial charge >= 0.3 is 46.9 Å². The van der Waals surface area contributed by atoms with Crippen molar-refractivity contribution < 1.29 is 71.6 Å². The van der Waals surface area contributed by atoms with Crippen LogP contribution in [0.4, 0.5) is 0 Å². The van der Waals surface area contributed by atoms with Gasteiger partial charge in [0.25, 0.3) is 7.82 Å². The van der Waals surface area contributed by atoms with E-state index in [1.54, 1.807) is 0 Å². The summed E-state index contributed by atoms with van der Waals surface area (Å²) in [5.74, 6) is 0. The van der Waals surface area contributed by atoms with Gasteiger partial charge in [-0.15, -0.1) is 0 Å². The topological polar surface area (TPSA) is 109 Å². The van der Waals surface area contributed by atoms with E-state index >= 15 is 0 Å². The zero-order chi connectivity index (χ0) is 4.50. The first-order valence-electron chi connectivity index (χ1n) is 0.765. The van der Waals surface area contributed by atoms with Crippen LogP contribution in [0.5, 0.6) is 0 Å². The van der Waals surface area contributed by atoms with Crippen LogP contribution in [-0.2, 0) is 10.0 Å². The van der Waals surface area contributed by atoms with Crippen LogP contribution in [0.1, 0.15) is 0 Å². The molecule has 0 amide bonds. The summed E-state index contributed by atoms with van der Waals surface area (Å²) in [6, 6.07) is 0.